The van der Waals surface area contributed by atoms with Gasteiger partial charge in [-0.2, -0.15) is 4.98 Å². The summed E-state index contributed by atoms with van der Waals surface area (Å²) >= 11 is 12.9. The van der Waals surface area contributed by atoms with Crippen LogP contribution in [0.15, 0.2) is 53.7 Å². The minimum Gasteiger partial charge on any atom is -0.493 e. The van der Waals surface area contributed by atoms with Crippen molar-refractivity contribution in [3.63, 3.8) is 0 Å². The van der Waals surface area contributed by atoms with Crippen LogP contribution in [0.1, 0.15) is 0 Å². The fraction of sp³-hybridized carbons (Fsp3) is 0.143. The third-order valence-electron chi connectivity index (χ3n) is 4.36. The third-order valence-corrected chi connectivity index (χ3v) is 7.45. The molecule has 188 valence electrons. The number of aliphatic hydroxyl groups is 1. The minimum atomic E-state index is -4.29. The molecule has 0 radical (unpaired) electrons. The second kappa shape index (κ2) is 11.2. The number of thiophene rings is 1. The smallest absolute Gasteiger partial charge is 0.265 e. The molecule has 0 fully saturated rings. The minimum absolute atomic E-state index is 0.0443. The van der Waals surface area contributed by atoms with E-state index in [9.17, 15) is 13.5 Å². The topological polar surface area (TPSA) is 146 Å². The molecule has 4 aromatic rings. The molecule has 0 unspecified atom stereocenters. The van der Waals surface area contributed by atoms with Gasteiger partial charge in [0.15, 0.2) is 23.1 Å². The van der Waals surface area contributed by atoms with E-state index in [0.29, 0.717) is 5.75 Å². The molecule has 11 nitrogen and oxygen atoms in total. The lowest BCUT2D eigenvalue weighted by molar-refractivity contribution is 0.192. The van der Waals surface area contributed by atoms with Crippen LogP contribution in [0.4, 0.5) is 5.82 Å². The standard InChI is InChI=1S/C21H17Cl2N5O6S2/c1-32-12-5-2-3-6-13(12)34-16-18(28-36(30,31)14-11-15(22)35-17(14)23)26-20(19-24-7-4-8-25-19)27-21(16)33-10-9-29/h2-8,11,29H,9-10H2,1H3,(H,26,27,28). The fourth-order valence-electron chi connectivity index (χ4n) is 2.85. The molecule has 0 aliphatic rings. The van der Waals surface area contributed by atoms with Crippen LogP contribution in [0.5, 0.6) is 23.1 Å². The van der Waals surface area contributed by atoms with Crippen LogP contribution in [0, 0.1) is 0 Å². The first-order valence-corrected chi connectivity index (χ1v) is 13.1. The Bertz CT molecular complexity index is 1470. The first-order valence-electron chi connectivity index (χ1n) is 10.0. The molecular weight excluding hydrogens is 553 g/mol. The summed E-state index contributed by atoms with van der Waals surface area (Å²) in [6.07, 6.45) is 2.94. The van der Waals surface area contributed by atoms with Crippen LogP contribution in [0.3, 0.4) is 0 Å². The van der Waals surface area contributed by atoms with E-state index in [1.807, 2.05) is 0 Å². The lowest BCUT2D eigenvalue weighted by Crippen LogP contribution is -2.16. The molecular formula is C21H17Cl2N5O6S2. The summed E-state index contributed by atoms with van der Waals surface area (Å²) in [5, 5.41) is 9.32. The highest BCUT2D eigenvalue weighted by atomic mass is 35.5. The predicted octanol–water partition coefficient (Wildman–Crippen LogP) is 4.27. The molecule has 0 atom stereocenters. The molecule has 0 saturated heterocycles. The van der Waals surface area contributed by atoms with Crippen molar-refractivity contribution in [2.75, 3.05) is 25.0 Å². The molecule has 2 N–H and O–H groups in total. The second-order valence-corrected chi connectivity index (χ2v) is 10.7. The molecule has 0 aliphatic heterocycles. The number of anilines is 1. The number of nitrogens with zero attached hydrogens (tertiary/aromatic N) is 4. The molecule has 0 spiro atoms. The molecule has 0 bridgehead atoms. The van der Waals surface area contributed by atoms with Gasteiger partial charge in [0.1, 0.15) is 15.8 Å². The van der Waals surface area contributed by atoms with E-state index in [2.05, 4.69) is 24.7 Å². The molecule has 3 aromatic heterocycles. The average molecular weight is 570 g/mol. The number of halogens is 2. The van der Waals surface area contributed by atoms with Crippen LogP contribution in [0.2, 0.25) is 8.67 Å². The van der Waals surface area contributed by atoms with Gasteiger partial charge in [0.2, 0.25) is 11.6 Å². The van der Waals surface area contributed by atoms with Crippen LogP contribution < -0.4 is 18.9 Å². The molecule has 36 heavy (non-hydrogen) atoms. The van der Waals surface area contributed by atoms with Crippen molar-refractivity contribution in [3.8, 4) is 34.8 Å². The molecule has 0 saturated carbocycles. The lowest BCUT2D eigenvalue weighted by Gasteiger charge is -2.17. The van der Waals surface area contributed by atoms with Gasteiger partial charge in [-0.3, -0.25) is 4.72 Å². The molecule has 1 aromatic carbocycles. The summed E-state index contributed by atoms with van der Waals surface area (Å²) in [4.78, 5) is 16.6. The van der Waals surface area contributed by atoms with Gasteiger partial charge in [0, 0.05) is 12.4 Å². The number of nitrogens with one attached hydrogen (secondary N) is 1. The Morgan fingerprint density at radius 3 is 2.42 bits per heavy atom. The summed E-state index contributed by atoms with van der Waals surface area (Å²) < 4.78 is 45.9. The van der Waals surface area contributed by atoms with Crippen molar-refractivity contribution in [1.82, 2.24) is 19.9 Å². The number of para-hydroxylation sites is 2. The maximum atomic E-state index is 13.2. The first-order chi connectivity index (χ1) is 17.3. The Kier molecular flexibility index (Phi) is 8.06. The van der Waals surface area contributed by atoms with Crippen LogP contribution in [-0.2, 0) is 10.0 Å². The number of ether oxygens (including phenoxy) is 3. The summed E-state index contributed by atoms with van der Waals surface area (Å²) in [6.45, 7) is -0.522. The first kappa shape index (κ1) is 25.9. The van der Waals surface area contributed by atoms with E-state index < -0.39 is 10.0 Å². The number of aliphatic hydroxyl groups excluding tert-OH is 1. The monoisotopic (exact) mass is 569 g/mol. The molecule has 4 rings (SSSR count). The van der Waals surface area contributed by atoms with Crippen molar-refractivity contribution in [1.29, 1.82) is 0 Å². The highest BCUT2D eigenvalue weighted by molar-refractivity contribution is 7.93. The quantitative estimate of drug-likeness (QED) is 0.283. The number of hydrogen-bond donors (Lipinski definition) is 2. The highest BCUT2D eigenvalue weighted by Gasteiger charge is 2.28. The number of aromatic nitrogens is 4. The molecule has 0 aliphatic carbocycles. The van der Waals surface area contributed by atoms with Crippen molar-refractivity contribution in [2.45, 2.75) is 4.90 Å². The average Bonchev–Trinajstić information content (AvgIpc) is 3.23. The number of methoxy groups -OCH3 is 1. The number of hydrogen-bond acceptors (Lipinski definition) is 11. The summed E-state index contributed by atoms with van der Waals surface area (Å²) in [5.74, 6) is -0.0889. The Hall–Kier alpha value is -3.23. The number of benzene rings is 1. The van der Waals surface area contributed by atoms with E-state index in [0.717, 1.165) is 11.3 Å². The summed E-state index contributed by atoms with van der Waals surface area (Å²) in [7, 11) is -2.85. The van der Waals surface area contributed by atoms with Gasteiger partial charge in [-0.25, -0.2) is 23.4 Å². The normalized spacial score (nSPS) is 11.2. The van der Waals surface area contributed by atoms with E-state index in [-0.39, 0.29) is 61.6 Å². The number of sulfonamides is 1. The van der Waals surface area contributed by atoms with Crippen LogP contribution in [0.25, 0.3) is 11.6 Å². The fourth-order valence-corrected chi connectivity index (χ4v) is 6.01. The number of rotatable bonds is 10. The van der Waals surface area contributed by atoms with E-state index in [1.54, 1.807) is 30.3 Å². The van der Waals surface area contributed by atoms with Gasteiger partial charge < -0.3 is 19.3 Å². The van der Waals surface area contributed by atoms with E-state index in [1.165, 1.54) is 25.6 Å². The Balaban J connectivity index is 1.90. The van der Waals surface area contributed by atoms with Crippen molar-refractivity contribution in [2.24, 2.45) is 0 Å². The van der Waals surface area contributed by atoms with Crippen LogP contribution >= 0.6 is 34.5 Å². The Morgan fingerprint density at radius 2 is 1.78 bits per heavy atom. The van der Waals surface area contributed by atoms with Crippen molar-refractivity contribution in [3.05, 3.63) is 57.5 Å². The SMILES string of the molecule is COc1ccccc1Oc1c(NS(=O)(=O)c2cc(Cl)sc2Cl)nc(-c2ncccn2)nc1OCCO. The molecule has 15 heteroatoms. The van der Waals surface area contributed by atoms with Crippen LogP contribution in [-0.4, -0.2) is 53.8 Å². The second-order valence-electron chi connectivity index (χ2n) is 6.72. The maximum Gasteiger partial charge on any atom is 0.265 e. The summed E-state index contributed by atoms with van der Waals surface area (Å²) in [5.41, 5.74) is 0. The predicted molar refractivity (Wildman–Crippen MR) is 134 cm³/mol. The molecule has 0 amide bonds. The third kappa shape index (κ3) is 5.77. The van der Waals surface area contributed by atoms with E-state index in [4.69, 9.17) is 37.4 Å². The molecule has 3 heterocycles. The van der Waals surface area contributed by atoms with Crippen molar-refractivity contribution < 1.29 is 27.7 Å². The zero-order valence-corrected chi connectivity index (χ0v) is 21.5. The van der Waals surface area contributed by atoms with Gasteiger partial charge in [0.25, 0.3) is 15.9 Å². The van der Waals surface area contributed by atoms with Gasteiger partial charge in [0.05, 0.1) is 18.1 Å². The zero-order chi connectivity index (χ0) is 25.7. The highest BCUT2D eigenvalue weighted by Crippen LogP contribution is 2.42. The Morgan fingerprint density at radius 1 is 1.06 bits per heavy atom. The Labute approximate surface area is 219 Å². The van der Waals surface area contributed by atoms with Crippen molar-refractivity contribution >= 4 is 50.4 Å². The largest absolute Gasteiger partial charge is 0.493 e. The maximum absolute atomic E-state index is 13.2. The van der Waals surface area contributed by atoms with Gasteiger partial charge in [-0.05, 0) is 24.3 Å². The van der Waals surface area contributed by atoms with Gasteiger partial charge in [-0.15, -0.1) is 11.3 Å². The lowest BCUT2D eigenvalue weighted by atomic mass is 10.3. The van der Waals surface area contributed by atoms with Gasteiger partial charge in [-0.1, -0.05) is 35.3 Å². The zero-order valence-electron chi connectivity index (χ0n) is 18.4. The summed E-state index contributed by atoms with van der Waals surface area (Å²) in [6, 6.07) is 9.47. The van der Waals surface area contributed by atoms with Gasteiger partial charge >= 0.3 is 0 Å². The van der Waals surface area contributed by atoms with E-state index >= 15 is 0 Å².